The van der Waals surface area contributed by atoms with Gasteiger partial charge in [-0.3, -0.25) is 4.79 Å². The van der Waals surface area contributed by atoms with Crippen LogP contribution in [0, 0.1) is 0 Å². The van der Waals surface area contributed by atoms with Crippen LogP contribution in [0.15, 0.2) is 54.0 Å². The minimum atomic E-state index is 0.0222. The number of nitrogens with zero attached hydrogens (tertiary/aromatic N) is 1. The highest BCUT2D eigenvalue weighted by Crippen LogP contribution is 2.21. The quantitative estimate of drug-likeness (QED) is 0.730. The molecule has 2 aromatic heterocycles. The number of nitrogens with one attached hydrogen (secondary N) is 1. The SMILES string of the molecule is O=C(CCc1cccs1)Nc1ncc(Cc2ccccc2)s1. The number of thiophene rings is 1. The van der Waals surface area contributed by atoms with Crippen LogP contribution in [-0.2, 0) is 17.6 Å². The summed E-state index contributed by atoms with van der Waals surface area (Å²) in [6.45, 7) is 0. The zero-order valence-corrected chi connectivity index (χ0v) is 13.6. The van der Waals surface area contributed by atoms with E-state index in [1.807, 2.05) is 35.8 Å². The van der Waals surface area contributed by atoms with Crippen molar-refractivity contribution in [3.05, 3.63) is 69.4 Å². The van der Waals surface area contributed by atoms with Gasteiger partial charge in [0.25, 0.3) is 0 Å². The number of rotatable bonds is 6. The van der Waals surface area contributed by atoms with E-state index in [0.717, 1.165) is 17.7 Å². The Morgan fingerprint density at radius 3 is 2.73 bits per heavy atom. The Balaban J connectivity index is 1.51. The molecule has 0 radical (unpaired) electrons. The number of amides is 1. The Bertz CT molecular complexity index is 720. The Kier molecular flexibility index (Phi) is 4.98. The predicted molar refractivity (Wildman–Crippen MR) is 92.6 cm³/mol. The first kappa shape index (κ1) is 14.9. The third-order valence-corrected chi connectivity index (χ3v) is 5.05. The fourth-order valence-electron chi connectivity index (χ4n) is 2.12. The Labute approximate surface area is 137 Å². The summed E-state index contributed by atoms with van der Waals surface area (Å²) in [7, 11) is 0. The highest BCUT2D eigenvalue weighted by molar-refractivity contribution is 7.15. The molecule has 0 bridgehead atoms. The Morgan fingerprint density at radius 1 is 1.09 bits per heavy atom. The average molecular weight is 328 g/mol. The van der Waals surface area contributed by atoms with E-state index < -0.39 is 0 Å². The molecule has 2 heterocycles. The van der Waals surface area contributed by atoms with Gasteiger partial charge in [-0.25, -0.2) is 4.98 Å². The normalized spacial score (nSPS) is 10.5. The van der Waals surface area contributed by atoms with E-state index in [1.165, 1.54) is 21.8 Å². The van der Waals surface area contributed by atoms with Crippen LogP contribution in [0.5, 0.6) is 0 Å². The molecule has 0 fully saturated rings. The second-order valence-corrected chi connectivity index (χ2v) is 7.07. The largest absolute Gasteiger partial charge is 0.302 e. The molecule has 3 rings (SSSR count). The lowest BCUT2D eigenvalue weighted by Crippen LogP contribution is -2.11. The first-order valence-corrected chi connectivity index (χ1v) is 8.80. The number of benzene rings is 1. The van der Waals surface area contributed by atoms with Crippen LogP contribution in [0.3, 0.4) is 0 Å². The van der Waals surface area contributed by atoms with Gasteiger partial charge in [0.05, 0.1) is 0 Å². The van der Waals surface area contributed by atoms with Gasteiger partial charge in [0.2, 0.25) is 5.91 Å². The number of hydrogen-bond donors (Lipinski definition) is 1. The second kappa shape index (κ2) is 7.33. The molecule has 0 spiro atoms. The van der Waals surface area contributed by atoms with Crippen LogP contribution in [0.2, 0.25) is 0 Å². The number of anilines is 1. The van der Waals surface area contributed by atoms with Gasteiger partial charge in [-0.1, -0.05) is 36.4 Å². The maximum atomic E-state index is 11.9. The van der Waals surface area contributed by atoms with Gasteiger partial charge >= 0.3 is 0 Å². The van der Waals surface area contributed by atoms with E-state index in [9.17, 15) is 4.79 Å². The first-order valence-electron chi connectivity index (χ1n) is 7.10. The number of carbonyl (C=O) groups excluding carboxylic acids is 1. The molecular formula is C17H16N2OS2. The summed E-state index contributed by atoms with van der Waals surface area (Å²) in [6, 6.07) is 14.3. The second-order valence-electron chi connectivity index (χ2n) is 4.92. The van der Waals surface area contributed by atoms with Crippen molar-refractivity contribution in [2.75, 3.05) is 5.32 Å². The molecule has 0 aliphatic carbocycles. The van der Waals surface area contributed by atoms with Crippen molar-refractivity contribution < 1.29 is 4.79 Å². The van der Waals surface area contributed by atoms with Crippen molar-refractivity contribution in [1.29, 1.82) is 0 Å². The number of carbonyl (C=O) groups is 1. The molecule has 1 N–H and O–H groups in total. The molecule has 0 atom stereocenters. The lowest BCUT2D eigenvalue weighted by atomic mass is 10.1. The van der Waals surface area contributed by atoms with Crippen LogP contribution in [0.1, 0.15) is 21.7 Å². The van der Waals surface area contributed by atoms with Crippen LogP contribution < -0.4 is 5.32 Å². The molecule has 0 aliphatic heterocycles. The van der Waals surface area contributed by atoms with E-state index in [2.05, 4.69) is 28.5 Å². The fraction of sp³-hybridized carbons (Fsp3) is 0.176. The summed E-state index contributed by atoms with van der Waals surface area (Å²) < 4.78 is 0. The van der Waals surface area contributed by atoms with Gasteiger partial charge in [-0.2, -0.15) is 0 Å². The molecule has 3 nitrogen and oxygen atoms in total. The van der Waals surface area contributed by atoms with Gasteiger partial charge in [0.1, 0.15) is 0 Å². The monoisotopic (exact) mass is 328 g/mol. The highest BCUT2D eigenvalue weighted by atomic mass is 32.1. The zero-order valence-electron chi connectivity index (χ0n) is 12.0. The molecule has 22 heavy (non-hydrogen) atoms. The van der Waals surface area contributed by atoms with Crippen molar-refractivity contribution in [2.45, 2.75) is 19.3 Å². The molecule has 1 aromatic carbocycles. The molecular weight excluding hydrogens is 312 g/mol. The number of aromatic nitrogens is 1. The van der Waals surface area contributed by atoms with Gasteiger partial charge in [-0.15, -0.1) is 22.7 Å². The lowest BCUT2D eigenvalue weighted by Gasteiger charge is -2.00. The van der Waals surface area contributed by atoms with Crippen LogP contribution >= 0.6 is 22.7 Å². The van der Waals surface area contributed by atoms with Crippen molar-refractivity contribution in [2.24, 2.45) is 0 Å². The smallest absolute Gasteiger partial charge is 0.226 e. The molecule has 1 amide bonds. The standard InChI is InChI=1S/C17H16N2OS2/c20-16(9-8-14-7-4-10-21-14)19-17-18-12-15(22-17)11-13-5-2-1-3-6-13/h1-7,10,12H,8-9,11H2,(H,18,19,20). The van der Waals surface area contributed by atoms with Gasteiger partial charge < -0.3 is 5.32 Å². The summed E-state index contributed by atoms with van der Waals surface area (Å²) in [4.78, 5) is 18.6. The Morgan fingerprint density at radius 2 is 1.95 bits per heavy atom. The van der Waals surface area contributed by atoms with E-state index in [4.69, 9.17) is 0 Å². The van der Waals surface area contributed by atoms with Crippen molar-refractivity contribution in [3.8, 4) is 0 Å². The topological polar surface area (TPSA) is 42.0 Å². The summed E-state index contributed by atoms with van der Waals surface area (Å²) in [5.41, 5.74) is 1.25. The van der Waals surface area contributed by atoms with E-state index in [1.54, 1.807) is 11.3 Å². The minimum absolute atomic E-state index is 0.0222. The summed E-state index contributed by atoms with van der Waals surface area (Å²) >= 11 is 3.22. The number of aryl methyl sites for hydroxylation is 1. The van der Waals surface area contributed by atoms with Gasteiger partial charge in [0.15, 0.2) is 5.13 Å². The molecule has 0 saturated heterocycles. The van der Waals surface area contributed by atoms with Gasteiger partial charge in [-0.05, 0) is 23.4 Å². The van der Waals surface area contributed by atoms with Crippen molar-refractivity contribution in [3.63, 3.8) is 0 Å². The van der Waals surface area contributed by atoms with Crippen molar-refractivity contribution in [1.82, 2.24) is 4.98 Å². The molecule has 5 heteroatoms. The van der Waals surface area contributed by atoms with Crippen molar-refractivity contribution >= 4 is 33.7 Å². The van der Waals surface area contributed by atoms with E-state index in [0.29, 0.717) is 11.6 Å². The molecule has 0 aliphatic rings. The summed E-state index contributed by atoms with van der Waals surface area (Å²) in [5.74, 6) is 0.0222. The molecule has 0 unspecified atom stereocenters. The minimum Gasteiger partial charge on any atom is -0.302 e. The predicted octanol–water partition coefficient (Wildman–Crippen LogP) is 4.37. The van der Waals surface area contributed by atoms with E-state index in [-0.39, 0.29) is 5.91 Å². The summed E-state index contributed by atoms with van der Waals surface area (Å²) in [5, 5.41) is 5.60. The van der Waals surface area contributed by atoms with Crippen LogP contribution in [-0.4, -0.2) is 10.9 Å². The number of thiazole rings is 1. The molecule has 112 valence electrons. The Hall–Kier alpha value is -1.98. The molecule has 3 aromatic rings. The zero-order chi connectivity index (χ0) is 15.2. The third-order valence-electron chi connectivity index (χ3n) is 3.20. The van der Waals surface area contributed by atoms with Crippen LogP contribution in [0.25, 0.3) is 0 Å². The van der Waals surface area contributed by atoms with Crippen LogP contribution in [0.4, 0.5) is 5.13 Å². The lowest BCUT2D eigenvalue weighted by molar-refractivity contribution is -0.116. The molecule has 0 saturated carbocycles. The fourth-order valence-corrected chi connectivity index (χ4v) is 3.69. The van der Waals surface area contributed by atoms with Gasteiger partial charge in [0, 0.05) is 28.8 Å². The van der Waals surface area contributed by atoms with E-state index >= 15 is 0 Å². The average Bonchev–Trinajstić information content (AvgIpc) is 3.18. The first-order chi connectivity index (χ1) is 10.8. The highest BCUT2D eigenvalue weighted by Gasteiger charge is 2.08. The maximum Gasteiger partial charge on any atom is 0.226 e. The summed E-state index contributed by atoms with van der Waals surface area (Å²) in [6.07, 6.45) is 3.97. The maximum absolute atomic E-state index is 11.9. The number of hydrogen-bond acceptors (Lipinski definition) is 4. The third kappa shape index (κ3) is 4.26.